The topological polar surface area (TPSA) is 75.6 Å². The SMILES string of the molecule is Cc1ccc(Cl)c(OCC(=O)NC(C)CCC(=O)O)c1. The number of carbonyl (C=O) groups excluding carboxylic acids is 1. The van der Waals surface area contributed by atoms with E-state index in [0.29, 0.717) is 17.2 Å². The average Bonchev–Trinajstić information content (AvgIpc) is 2.37. The van der Waals surface area contributed by atoms with Crippen molar-refractivity contribution in [1.82, 2.24) is 5.32 Å². The van der Waals surface area contributed by atoms with Crippen LogP contribution in [-0.4, -0.2) is 29.6 Å². The van der Waals surface area contributed by atoms with E-state index in [1.807, 2.05) is 13.0 Å². The predicted octanol–water partition coefficient (Wildman–Crippen LogP) is 2.40. The van der Waals surface area contributed by atoms with E-state index in [0.717, 1.165) is 5.56 Å². The molecule has 0 aliphatic rings. The highest BCUT2D eigenvalue weighted by Crippen LogP contribution is 2.24. The Morgan fingerprint density at radius 3 is 2.80 bits per heavy atom. The Kier molecular flexibility index (Phi) is 6.31. The first kappa shape index (κ1) is 16.3. The normalized spacial score (nSPS) is 11.8. The molecule has 1 unspecified atom stereocenters. The molecule has 0 spiro atoms. The quantitative estimate of drug-likeness (QED) is 0.810. The monoisotopic (exact) mass is 299 g/mol. The molecule has 0 radical (unpaired) electrons. The zero-order valence-electron chi connectivity index (χ0n) is 11.5. The maximum Gasteiger partial charge on any atom is 0.303 e. The maximum absolute atomic E-state index is 11.6. The number of aliphatic carboxylic acids is 1. The number of rotatable bonds is 7. The number of nitrogens with one attached hydrogen (secondary N) is 1. The van der Waals surface area contributed by atoms with Crippen LogP contribution in [0.2, 0.25) is 5.02 Å². The average molecular weight is 300 g/mol. The zero-order valence-corrected chi connectivity index (χ0v) is 12.2. The first-order valence-corrected chi connectivity index (χ1v) is 6.66. The number of amides is 1. The number of benzene rings is 1. The summed E-state index contributed by atoms with van der Waals surface area (Å²) >= 11 is 5.95. The molecular weight excluding hydrogens is 282 g/mol. The first-order chi connectivity index (χ1) is 9.38. The lowest BCUT2D eigenvalue weighted by Crippen LogP contribution is -2.36. The van der Waals surface area contributed by atoms with Crippen molar-refractivity contribution in [2.75, 3.05) is 6.61 Å². The molecule has 0 bridgehead atoms. The highest BCUT2D eigenvalue weighted by atomic mass is 35.5. The zero-order chi connectivity index (χ0) is 15.1. The van der Waals surface area contributed by atoms with Gasteiger partial charge in [-0.05, 0) is 38.0 Å². The molecule has 2 N–H and O–H groups in total. The van der Waals surface area contributed by atoms with E-state index < -0.39 is 5.97 Å². The van der Waals surface area contributed by atoms with E-state index in [2.05, 4.69) is 5.32 Å². The van der Waals surface area contributed by atoms with Gasteiger partial charge in [0.05, 0.1) is 5.02 Å². The van der Waals surface area contributed by atoms with Crippen molar-refractivity contribution in [3.63, 3.8) is 0 Å². The lowest BCUT2D eigenvalue weighted by Gasteiger charge is -2.14. The fourth-order valence-electron chi connectivity index (χ4n) is 1.59. The molecule has 1 aromatic rings. The summed E-state index contributed by atoms with van der Waals surface area (Å²) in [6.07, 6.45) is 0.401. The molecule has 5 nitrogen and oxygen atoms in total. The van der Waals surface area contributed by atoms with Crippen molar-refractivity contribution in [3.05, 3.63) is 28.8 Å². The van der Waals surface area contributed by atoms with E-state index in [1.54, 1.807) is 19.1 Å². The fourth-order valence-corrected chi connectivity index (χ4v) is 1.77. The highest BCUT2D eigenvalue weighted by Gasteiger charge is 2.10. The van der Waals surface area contributed by atoms with Crippen molar-refractivity contribution in [2.45, 2.75) is 32.7 Å². The summed E-state index contributed by atoms with van der Waals surface area (Å²) in [5.74, 6) is -0.727. The number of carbonyl (C=O) groups is 2. The lowest BCUT2D eigenvalue weighted by atomic mass is 10.2. The fraction of sp³-hybridized carbons (Fsp3) is 0.429. The molecule has 0 aromatic heterocycles. The third-order valence-corrected chi connectivity index (χ3v) is 2.96. The van der Waals surface area contributed by atoms with Gasteiger partial charge in [0.1, 0.15) is 5.75 Å². The van der Waals surface area contributed by atoms with E-state index in [-0.39, 0.29) is 25.0 Å². The van der Waals surface area contributed by atoms with Crippen molar-refractivity contribution >= 4 is 23.5 Å². The molecule has 6 heteroatoms. The van der Waals surface area contributed by atoms with Gasteiger partial charge < -0.3 is 15.2 Å². The predicted molar refractivity (Wildman–Crippen MR) is 76.2 cm³/mol. The van der Waals surface area contributed by atoms with Crippen LogP contribution in [0.1, 0.15) is 25.3 Å². The summed E-state index contributed by atoms with van der Waals surface area (Å²) in [4.78, 5) is 22.1. The van der Waals surface area contributed by atoms with Gasteiger partial charge in [-0.1, -0.05) is 17.7 Å². The van der Waals surface area contributed by atoms with Gasteiger partial charge in [0.15, 0.2) is 6.61 Å². The van der Waals surface area contributed by atoms with Crippen LogP contribution in [0.4, 0.5) is 0 Å². The molecule has 1 atom stereocenters. The summed E-state index contributed by atoms with van der Waals surface area (Å²) in [7, 11) is 0. The minimum Gasteiger partial charge on any atom is -0.482 e. The minimum atomic E-state index is -0.881. The molecule has 20 heavy (non-hydrogen) atoms. The number of carboxylic acids is 1. The van der Waals surface area contributed by atoms with Gasteiger partial charge in [-0.25, -0.2) is 0 Å². The van der Waals surface area contributed by atoms with Gasteiger partial charge in [-0.2, -0.15) is 0 Å². The van der Waals surface area contributed by atoms with Gasteiger partial charge in [-0.15, -0.1) is 0 Å². The molecule has 0 heterocycles. The van der Waals surface area contributed by atoms with E-state index in [9.17, 15) is 9.59 Å². The summed E-state index contributed by atoms with van der Waals surface area (Å²) < 4.78 is 5.35. The van der Waals surface area contributed by atoms with Crippen molar-refractivity contribution < 1.29 is 19.4 Å². The minimum absolute atomic E-state index is 0.0199. The van der Waals surface area contributed by atoms with Crippen LogP contribution in [0, 0.1) is 6.92 Å². The van der Waals surface area contributed by atoms with Gasteiger partial charge >= 0.3 is 5.97 Å². The summed E-state index contributed by atoms with van der Waals surface area (Å²) in [6.45, 7) is 3.50. The summed E-state index contributed by atoms with van der Waals surface area (Å²) in [5, 5.41) is 11.7. The van der Waals surface area contributed by atoms with E-state index in [1.165, 1.54) is 0 Å². The van der Waals surface area contributed by atoms with Crippen LogP contribution in [0.15, 0.2) is 18.2 Å². The largest absolute Gasteiger partial charge is 0.482 e. The molecule has 1 rings (SSSR count). The van der Waals surface area contributed by atoms with Crippen LogP contribution in [-0.2, 0) is 9.59 Å². The van der Waals surface area contributed by atoms with Gasteiger partial charge in [0.25, 0.3) is 5.91 Å². The van der Waals surface area contributed by atoms with E-state index in [4.69, 9.17) is 21.4 Å². The van der Waals surface area contributed by atoms with Crippen molar-refractivity contribution in [3.8, 4) is 5.75 Å². The highest BCUT2D eigenvalue weighted by molar-refractivity contribution is 6.32. The Labute approximate surface area is 122 Å². The van der Waals surface area contributed by atoms with Gasteiger partial charge in [-0.3, -0.25) is 9.59 Å². The van der Waals surface area contributed by atoms with Crippen LogP contribution < -0.4 is 10.1 Å². The number of aryl methyl sites for hydroxylation is 1. The Bertz CT molecular complexity index is 490. The number of hydrogen-bond donors (Lipinski definition) is 2. The Morgan fingerprint density at radius 2 is 2.15 bits per heavy atom. The van der Waals surface area contributed by atoms with Crippen LogP contribution in [0.3, 0.4) is 0 Å². The molecule has 0 saturated heterocycles. The number of carboxylic acid groups (broad SMARTS) is 1. The van der Waals surface area contributed by atoms with Gasteiger partial charge in [0, 0.05) is 12.5 Å². The first-order valence-electron chi connectivity index (χ1n) is 6.28. The smallest absolute Gasteiger partial charge is 0.303 e. The molecule has 0 fully saturated rings. The third-order valence-electron chi connectivity index (χ3n) is 2.64. The molecule has 1 aromatic carbocycles. The van der Waals surface area contributed by atoms with Crippen molar-refractivity contribution in [2.24, 2.45) is 0 Å². The second-order valence-corrected chi connectivity index (χ2v) is 5.03. The summed E-state index contributed by atoms with van der Waals surface area (Å²) in [6, 6.07) is 5.10. The second-order valence-electron chi connectivity index (χ2n) is 4.62. The maximum atomic E-state index is 11.6. The van der Waals surface area contributed by atoms with E-state index >= 15 is 0 Å². The molecule has 0 aliphatic heterocycles. The summed E-state index contributed by atoms with van der Waals surface area (Å²) in [5.41, 5.74) is 0.986. The molecule has 1 amide bonds. The lowest BCUT2D eigenvalue weighted by molar-refractivity contribution is -0.137. The van der Waals surface area contributed by atoms with Crippen LogP contribution in [0.25, 0.3) is 0 Å². The number of ether oxygens (including phenoxy) is 1. The Morgan fingerprint density at radius 1 is 1.45 bits per heavy atom. The third kappa shape index (κ3) is 5.93. The molecule has 0 saturated carbocycles. The van der Waals surface area contributed by atoms with Crippen LogP contribution in [0.5, 0.6) is 5.75 Å². The second kappa shape index (κ2) is 7.75. The Balaban J connectivity index is 2.39. The van der Waals surface area contributed by atoms with Crippen molar-refractivity contribution in [1.29, 1.82) is 0 Å². The van der Waals surface area contributed by atoms with Crippen LogP contribution >= 0.6 is 11.6 Å². The standard InChI is InChI=1S/C14H18ClNO4/c1-9-3-5-11(15)12(7-9)20-8-13(17)16-10(2)4-6-14(18)19/h3,5,7,10H,4,6,8H2,1-2H3,(H,16,17)(H,18,19). The number of halogens is 1. The Hall–Kier alpha value is -1.75. The molecule has 110 valence electrons. The van der Waals surface area contributed by atoms with Gasteiger partial charge in [0.2, 0.25) is 0 Å². The number of hydrogen-bond acceptors (Lipinski definition) is 3. The molecular formula is C14H18ClNO4. The molecule has 0 aliphatic carbocycles.